The van der Waals surface area contributed by atoms with Gasteiger partial charge in [-0.05, 0) is 54.7 Å². The Hall–Kier alpha value is -1.38. The highest BCUT2D eigenvalue weighted by Gasteiger charge is 2.15. The molecule has 0 aliphatic carbocycles. The lowest BCUT2D eigenvalue weighted by Gasteiger charge is -2.18. The summed E-state index contributed by atoms with van der Waals surface area (Å²) in [6.45, 7) is 6.28. The van der Waals surface area contributed by atoms with Crippen molar-refractivity contribution in [2.24, 2.45) is 5.73 Å². The predicted octanol–water partition coefficient (Wildman–Crippen LogP) is 3.71. The van der Waals surface area contributed by atoms with E-state index in [0.29, 0.717) is 5.02 Å². The van der Waals surface area contributed by atoms with Crippen molar-refractivity contribution in [2.75, 3.05) is 0 Å². The standard InChI is InChI=1S/C15H17ClN2/c1-9-6-11(3)13(7-10(9)2)15(17)12-4-5-18-8-14(12)16/h4-8,15H,17H2,1-3H3. The quantitative estimate of drug-likeness (QED) is 0.894. The molecule has 0 aliphatic heterocycles. The van der Waals surface area contributed by atoms with Crippen molar-refractivity contribution >= 4 is 11.6 Å². The van der Waals surface area contributed by atoms with E-state index >= 15 is 0 Å². The maximum Gasteiger partial charge on any atom is 0.0640 e. The lowest BCUT2D eigenvalue weighted by atomic mass is 9.93. The molecule has 18 heavy (non-hydrogen) atoms. The summed E-state index contributed by atoms with van der Waals surface area (Å²) in [4.78, 5) is 3.99. The van der Waals surface area contributed by atoms with Gasteiger partial charge in [0.05, 0.1) is 11.1 Å². The normalized spacial score (nSPS) is 12.5. The molecular weight excluding hydrogens is 244 g/mol. The van der Waals surface area contributed by atoms with Gasteiger partial charge in [0.25, 0.3) is 0 Å². The van der Waals surface area contributed by atoms with Crippen LogP contribution in [0, 0.1) is 20.8 Å². The fourth-order valence-corrected chi connectivity index (χ4v) is 2.36. The first-order valence-electron chi connectivity index (χ1n) is 5.93. The van der Waals surface area contributed by atoms with Crippen molar-refractivity contribution in [3.8, 4) is 0 Å². The smallest absolute Gasteiger partial charge is 0.0640 e. The summed E-state index contributed by atoms with van der Waals surface area (Å²) >= 11 is 6.15. The summed E-state index contributed by atoms with van der Waals surface area (Å²) in [5.41, 5.74) is 12.1. The predicted molar refractivity (Wildman–Crippen MR) is 75.9 cm³/mol. The van der Waals surface area contributed by atoms with Crippen molar-refractivity contribution < 1.29 is 0 Å². The van der Waals surface area contributed by atoms with E-state index in [9.17, 15) is 0 Å². The Bertz CT molecular complexity index is 579. The lowest BCUT2D eigenvalue weighted by Crippen LogP contribution is -2.14. The molecule has 1 unspecified atom stereocenters. The molecule has 0 radical (unpaired) electrons. The van der Waals surface area contributed by atoms with Crippen molar-refractivity contribution in [3.05, 3.63) is 63.4 Å². The molecule has 1 heterocycles. The van der Waals surface area contributed by atoms with Crippen LogP contribution in [-0.2, 0) is 0 Å². The van der Waals surface area contributed by atoms with Crippen LogP contribution in [-0.4, -0.2) is 4.98 Å². The summed E-state index contributed by atoms with van der Waals surface area (Å²) in [7, 11) is 0. The number of nitrogens with two attached hydrogens (primary N) is 1. The van der Waals surface area contributed by atoms with Crippen molar-refractivity contribution in [1.82, 2.24) is 4.98 Å². The van der Waals surface area contributed by atoms with Crippen LogP contribution in [0.3, 0.4) is 0 Å². The van der Waals surface area contributed by atoms with Crippen LogP contribution >= 0.6 is 11.6 Å². The number of aryl methyl sites for hydroxylation is 3. The minimum Gasteiger partial charge on any atom is -0.320 e. The number of nitrogens with zero attached hydrogens (tertiary/aromatic N) is 1. The third-order valence-corrected chi connectivity index (χ3v) is 3.67. The summed E-state index contributed by atoms with van der Waals surface area (Å²) < 4.78 is 0. The number of aromatic nitrogens is 1. The zero-order valence-corrected chi connectivity index (χ0v) is 11.6. The zero-order chi connectivity index (χ0) is 13.3. The van der Waals surface area contributed by atoms with Gasteiger partial charge in [-0.15, -0.1) is 0 Å². The highest BCUT2D eigenvalue weighted by molar-refractivity contribution is 6.31. The number of hydrogen-bond acceptors (Lipinski definition) is 2. The lowest BCUT2D eigenvalue weighted by molar-refractivity contribution is 0.855. The number of benzene rings is 1. The minimum absolute atomic E-state index is 0.209. The SMILES string of the molecule is Cc1cc(C)c(C(N)c2ccncc2Cl)cc1C. The molecule has 1 aromatic carbocycles. The van der Waals surface area contributed by atoms with Crippen LogP contribution in [0.2, 0.25) is 5.02 Å². The van der Waals surface area contributed by atoms with Gasteiger partial charge in [0, 0.05) is 12.4 Å². The van der Waals surface area contributed by atoms with Crippen LogP contribution in [0.25, 0.3) is 0 Å². The van der Waals surface area contributed by atoms with Gasteiger partial charge >= 0.3 is 0 Å². The number of hydrogen-bond donors (Lipinski definition) is 1. The Balaban J connectivity index is 2.50. The van der Waals surface area contributed by atoms with E-state index < -0.39 is 0 Å². The fourth-order valence-electron chi connectivity index (χ4n) is 2.12. The van der Waals surface area contributed by atoms with Crippen LogP contribution in [0.5, 0.6) is 0 Å². The highest BCUT2D eigenvalue weighted by Crippen LogP contribution is 2.29. The molecule has 2 aromatic rings. The van der Waals surface area contributed by atoms with E-state index in [4.69, 9.17) is 17.3 Å². The molecule has 2 rings (SSSR count). The van der Waals surface area contributed by atoms with Crippen molar-refractivity contribution in [2.45, 2.75) is 26.8 Å². The van der Waals surface area contributed by atoms with Crippen molar-refractivity contribution in [3.63, 3.8) is 0 Å². The summed E-state index contributed by atoms with van der Waals surface area (Å²) in [5, 5.41) is 0.614. The number of halogens is 1. The third-order valence-electron chi connectivity index (χ3n) is 3.36. The largest absolute Gasteiger partial charge is 0.320 e. The first-order valence-corrected chi connectivity index (χ1v) is 6.31. The molecule has 0 spiro atoms. The molecule has 0 bridgehead atoms. The Morgan fingerprint density at radius 1 is 1.06 bits per heavy atom. The molecule has 94 valence electrons. The van der Waals surface area contributed by atoms with E-state index in [1.165, 1.54) is 16.7 Å². The van der Waals surface area contributed by atoms with Crippen molar-refractivity contribution in [1.29, 1.82) is 0 Å². The third kappa shape index (κ3) is 2.40. The summed E-state index contributed by atoms with van der Waals surface area (Å²) in [6, 6.07) is 5.98. The first-order chi connectivity index (χ1) is 8.50. The van der Waals surface area contributed by atoms with E-state index in [1.54, 1.807) is 12.4 Å². The number of rotatable bonds is 2. The van der Waals surface area contributed by atoms with Crippen LogP contribution in [0.15, 0.2) is 30.6 Å². The topological polar surface area (TPSA) is 38.9 Å². The van der Waals surface area contributed by atoms with Crippen LogP contribution in [0.1, 0.15) is 33.9 Å². The summed E-state index contributed by atoms with van der Waals surface area (Å²) in [5.74, 6) is 0. The molecule has 0 saturated carbocycles. The maximum absolute atomic E-state index is 6.32. The fraction of sp³-hybridized carbons (Fsp3) is 0.267. The van der Waals surface area contributed by atoms with E-state index in [1.807, 2.05) is 6.07 Å². The van der Waals surface area contributed by atoms with Crippen LogP contribution < -0.4 is 5.73 Å². The molecule has 1 aromatic heterocycles. The van der Waals surface area contributed by atoms with E-state index in [-0.39, 0.29) is 6.04 Å². The molecule has 0 saturated heterocycles. The molecule has 1 atom stereocenters. The van der Waals surface area contributed by atoms with Gasteiger partial charge in [0.2, 0.25) is 0 Å². The van der Waals surface area contributed by atoms with Gasteiger partial charge in [-0.1, -0.05) is 23.7 Å². The maximum atomic E-state index is 6.32. The Morgan fingerprint density at radius 3 is 2.39 bits per heavy atom. The number of pyridine rings is 1. The van der Waals surface area contributed by atoms with Gasteiger partial charge in [-0.3, -0.25) is 4.98 Å². The molecule has 2 nitrogen and oxygen atoms in total. The minimum atomic E-state index is -0.209. The second-order valence-corrected chi connectivity index (χ2v) is 5.08. The average Bonchev–Trinajstić information content (AvgIpc) is 2.33. The Labute approximate surface area is 113 Å². The monoisotopic (exact) mass is 260 g/mol. The molecule has 0 aliphatic rings. The van der Waals surface area contributed by atoms with Crippen LogP contribution in [0.4, 0.5) is 0 Å². The molecule has 0 fully saturated rings. The Kier molecular flexibility index (Phi) is 3.69. The highest BCUT2D eigenvalue weighted by atomic mass is 35.5. The van der Waals surface area contributed by atoms with Gasteiger partial charge in [-0.2, -0.15) is 0 Å². The first kappa shape index (κ1) is 13.1. The van der Waals surface area contributed by atoms with E-state index in [2.05, 4.69) is 37.9 Å². The summed E-state index contributed by atoms with van der Waals surface area (Å²) in [6.07, 6.45) is 3.35. The molecular formula is C15H17ClN2. The molecule has 3 heteroatoms. The average molecular weight is 261 g/mol. The molecule has 0 amide bonds. The van der Waals surface area contributed by atoms with Gasteiger partial charge in [0.1, 0.15) is 0 Å². The second kappa shape index (κ2) is 5.09. The van der Waals surface area contributed by atoms with Gasteiger partial charge in [-0.25, -0.2) is 0 Å². The molecule has 2 N–H and O–H groups in total. The zero-order valence-electron chi connectivity index (χ0n) is 10.9. The van der Waals surface area contributed by atoms with E-state index in [0.717, 1.165) is 11.1 Å². The Morgan fingerprint density at radius 2 is 1.72 bits per heavy atom. The second-order valence-electron chi connectivity index (χ2n) is 4.67. The van der Waals surface area contributed by atoms with Gasteiger partial charge in [0.15, 0.2) is 0 Å². The van der Waals surface area contributed by atoms with Gasteiger partial charge < -0.3 is 5.73 Å².